The minimum atomic E-state index is 0.440. The van der Waals surface area contributed by atoms with Crippen LogP contribution in [-0.2, 0) is 17.8 Å². The monoisotopic (exact) mass is 597 g/mol. The fraction of sp³-hybridized carbons (Fsp3) is 0.367. The van der Waals surface area contributed by atoms with Gasteiger partial charge in [-0.1, -0.05) is 70.6 Å². The maximum atomic E-state index is 8.00. The van der Waals surface area contributed by atoms with Crippen LogP contribution in [0.5, 0.6) is 0 Å². The highest BCUT2D eigenvalue weighted by atomic mass is 79.9. The zero-order valence-corrected chi connectivity index (χ0v) is 24.9. The molecule has 0 amide bonds. The molecule has 2 aromatic carbocycles. The lowest BCUT2D eigenvalue weighted by Crippen LogP contribution is -2.31. The maximum Gasteiger partial charge on any atom is 0.151 e. The Labute approximate surface area is 240 Å². The molecule has 1 unspecified atom stereocenters. The van der Waals surface area contributed by atoms with Gasteiger partial charge in [0, 0.05) is 48.0 Å². The van der Waals surface area contributed by atoms with E-state index in [1.165, 1.54) is 59.5 Å². The van der Waals surface area contributed by atoms with Gasteiger partial charge >= 0.3 is 0 Å². The van der Waals surface area contributed by atoms with E-state index < -0.39 is 0 Å². The Kier molecular flexibility index (Phi) is 14.9. The van der Waals surface area contributed by atoms with Gasteiger partial charge in [0.25, 0.3) is 0 Å². The first kappa shape index (κ1) is 31.7. The molecule has 1 heterocycles. The van der Waals surface area contributed by atoms with Crippen LogP contribution in [0.1, 0.15) is 34.6 Å². The van der Waals surface area contributed by atoms with Gasteiger partial charge in [0.2, 0.25) is 0 Å². The van der Waals surface area contributed by atoms with Gasteiger partial charge in [-0.05, 0) is 61.0 Å². The number of amidine groups is 1. The summed E-state index contributed by atoms with van der Waals surface area (Å²) in [5.74, 6) is 3.65. The van der Waals surface area contributed by atoms with Crippen LogP contribution in [0, 0.1) is 6.92 Å². The largest absolute Gasteiger partial charge is 0.333 e. The zero-order valence-electron chi connectivity index (χ0n) is 22.5. The van der Waals surface area contributed by atoms with Crippen molar-refractivity contribution in [3.63, 3.8) is 0 Å². The lowest BCUT2D eigenvalue weighted by atomic mass is 9.89. The Bertz CT molecular complexity index is 1110. The summed E-state index contributed by atoms with van der Waals surface area (Å²) in [4.78, 5) is 14.7. The number of aryl methyl sites for hydroxylation is 1. The van der Waals surface area contributed by atoms with Gasteiger partial charge in [-0.2, -0.15) is 16.9 Å². The Balaban J connectivity index is 0.00000121. The average molecular weight is 599 g/mol. The van der Waals surface area contributed by atoms with Gasteiger partial charge in [0.15, 0.2) is 5.84 Å². The van der Waals surface area contributed by atoms with E-state index in [2.05, 4.69) is 128 Å². The first-order valence-electron chi connectivity index (χ1n) is 12.7. The number of carbonyl (C=O) groups is 1. The topological polar surface area (TPSA) is 83.1 Å². The smallest absolute Gasteiger partial charge is 0.151 e. The zero-order chi connectivity index (χ0) is 27.8. The van der Waals surface area contributed by atoms with Crippen LogP contribution in [0.25, 0.3) is 0 Å². The number of halogens is 1. The third kappa shape index (κ3) is 10.3. The van der Waals surface area contributed by atoms with Crippen molar-refractivity contribution in [3.05, 3.63) is 93.0 Å². The highest BCUT2D eigenvalue weighted by molar-refractivity contribution is 9.10. The number of hydrazone groups is 1. The molecule has 4 rings (SSSR count). The molecule has 6 nitrogen and oxygen atoms in total. The van der Waals surface area contributed by atoms with E-state index in [0.717, 1.165) is 17.4 Å². The number of allylic oxidation sites excluding steroid dienone is 2. The van der Waals surface area contributed by atoms with Crippen molar-refractivity contribution < 1.29 is 4.79 Å². The van der Waals surface area contributed by atoms with Gasteiger partial charge in [0.05, 0.1) is 6.54 Å². The van der Waals surface area contributed by atoms with Crippen LogP contribution < -0.4 is 11.2 Å². The van der Waals surface area contributed by atoms with Gasteiger partial charge in [-0.3, -0.25) is 4.90 Å². The number of nitrogens with zero attached hydrogens (tertiary/aromatic N) is 3. The van der Waals surface area contributed by atoms with E-state index >= 15 is 0 Å². The number of aliphatic imine (C=N–C) groups is 1. The van der Waals surface area contributed by atoms with Gasteiger partial charge in [-0.15, -0.1) is 0 Å². The standard InChI is InChI=1S/C28H33BrN4S.CH5N.CH2O/c1-21-16-23(8-11-27(21)29)18-28(30-2)32-31-19-22-6-9-25(10-7-22)26-5-3-4-24(17-26)20-33-12-14-34-15-13-33;2*1-2/h3-9,11,16-17,25,31H,2,10,12-15,18-20H2,1H3;2H2,1H3;1H2/b32-28-;;. The van der Waals surface area contributed by atoms with Crippen LogP contribution in [-0.4, -0.2) is 62.4 Å². The number of hydrogen-bond donors (Lipinski definition) is 2. The van der Waals surface area contributed by atoms with Crippen molar-refractivity contribution in [2.75, 3.05) is 38.2 Å². The molecule has 1 aliphatic heterocycles. The Hall–Kier alpha value is -2.52. The van der Waals surface area contributed by atoms with Crippen molar-refractivity contribution in [2.45, 2.75) is 32.2 Å². The fourth-order valence-electron chi connectivity index (χ4n) is 4.33. The molecular weight excluding hydrogens is 558 g/mol. The quantitative estimate of drug-likeness (QED) is 0.238. The Morgan fingerprint density at radius 1 is 1.16 bits per heavy atom. The van der Waals surface area contributed by atoms with Crippen molar-refractivity contribution >= 4 is 47.0 Å². The lowest BCUT2D eigenvalue weighted by molar-refractivity contribution is -0.0979. The minimum absolute atomic E-state index is 0.440. The highest BCUT2D eigenvalue weighted by Crippen LogP contribution is 2.28. The molecular formula is C30H40BrN5OS. The second kappa shape index (κ2) is 17.9. The summed E-state index contributed by atoms with van der Waals surface area (Å²) >= 11 is 5.61. The molecule has 1 fully saturated rings. The maximum absolute atomic E-state index is 8.00. The van der Waals surface area contributed by atoms with Crippen LogP contribution in [0.4, 0.5) is 0 Å². The van der Waals surface area contributed by atoms with Crippen LogP contribution >= 0.6 is 27.7 Å². The third-order valence-corrected chi connectivity index (χ3v) is 8.16. The third-order valence-electron chi connectivity index (χ3n) is 6.32. The van der Waals surface area contributed by atoms with Crippen molar-refractivity contribution in [1.82, 2.24) is 10.3 Å². The Morgan fingerprint density at radius 3 is 2.58 bits per heavy atom. The molecule has 0 aromatic heterocycles. The number of carbonyl (C=O) groups excluding carboxylic acids is 1. The molecule has 2 aromatic rings. The summed E-state index contributed by atoms with van der Waals surface area (Å²) in [7, 11) is 1.50. The fourth-order valence-corrected chi connectivity index (χ4v) is 5.56. The molecule has 2 aliphatic rings. The van der Waals surface area contributed by atoms with Crippen molar-refractivity contribution in [3.8, 4) is 0 Å². The summed E-state index contributed by atoms with van der Waals surface area (Å²) in [6, 6.07) is 15.4. The number of benzene rings is 2. The molecule has 204 valence electrons. The molecule has 3 N–H and O–H groups in total. The summed E-state index contributed by atoms with van der Waals surface area (Å²) in [6.07, 6.45) is 8.56. The lowest BCUT2D eigenvalue weighted by Gasteiger charge is -2.26. The number of rotatable bonds is 8. The summed E-state index contributed by atoms with van der Waals surface area (Å²) in [6.45, 7) is 11.9. The number of nitrogens with one attached hydrogen (secondary N) is 1. The Morgan fingerprint density at radius 2 is 1.92 bits per heavy atom. The van der Waals surface area contributed by atoms with E-state index in [0.29, 0.717) is 24.7 Å². The molecule has 1 atom stereocenters. The van der Waals surface area contributed by atoms with Crippen LogP contribution in [0.3, 0.4) is 0 Å². The van der Waals surface area contributed by atoms with E-state index in [-0.39, 0.29) is 0 Å². The van der Waals surface area contributed by atoms with E-state index in [9.17, 15) is 0 Å². The van der Waals surface area contributed by atoms with E-state index in [1.54, 1.807) is 0 Å². The molecule has 0 bridgehead atoms. The molecule has 1 aliphatic carbocycles. The summed E-state index contributed by atoms with van der Waals surface area (Å²) in [5, 5.41) is 4.47. The van der Waals surface area contributed by atoms with Gasteiger partial charge in [-0.25, -0.2) is 4.99 Å². The number of thioether (sulfide) groups is 1. The predicted molar refractivity (Wildman–Crippen MR) is 168 cm³/mol. The molecule has 0 saturated carbocycles. The molecule has 38 heavy (non-hydrogen) atoms. The van der Waals surface area contributed by atoms with E-state index in [1.807, 2.05) is 6.79 Å². The number of hydrogen-bond acceptors (Lipinski definition) is 6. The van der Waals surface area contributed by atoms with Crippen molar-refractivity contribution in [1.29, 1.82) is 0 Å². The molecule has 0 spiro atoms. The molecule has 0 radical (unpaired) electrons. The molecule has 1 saturated heterocycles. The van der Waals surface area contributed by atoms with Crippen molar-refractivity contribution in [2.24, 2.45) is 15.8 Å². The second-order valence-corrected chi connectivity index (χ2v) is 11.0. The molecule has 8 heteroatoms. The van der Waals surface area contributed by atoms with Gasteiger partial charge < -0.3 is 16.0 Å². The SMILES string of the molecule is C=N/C(Cc1ccc(Br)c(C)c1)=N\NCC1=CCC(c2cccc(CN3CCSCC3)c2)C=C1.C=O.CN. The summed E-state index contributed by atoms with van der Waals surface area (Å²) < 4.78 is 1.11. The normalized spacial score (nSPS) is 17.3. The second-order valence-electron chi connectivity index (χ2n) is 8.90. The van der Waals surface area contributed by atoms with E-state index in [4.69, 9.17) is 4.79 Å². The van der Waals surface area contributed by atoms with Crippen LogP contribution in [0.2, 0.25) is 0 Å². The predicted octanol–water partition coefficient (Wildman–Crippen LogP) is 5.51. The average Bonchev–Trinajstić information content (AvgIpc) is 2.97. The highest BCUT2D eigenvalue weighted by Gasteiger charge is 2.14. The summed E-state index contributed by atoms with van der Waals surface area (Å²) in [5.41, 5.74) is 14.1. The van der Waals surface area contributed by atoms with Gasteiger partial charge in [0.1, 0.15) is 6.79 Å². The first-order chi connectivity index (χ1) is 18.6. The minimum Gasteiger partial charge on any atom is -0.333 e. The van der Waals surface area contributed by atoms with Crippen LogP contribution in [0.15, 0.2) is 80.8 Å². The number of nitrogens with two attached hydrogens (primary N) is 1. The first-order valence-corrected chi connectivity index (χ1v) is 14.7.